The van der Waals surface area contributed by atoms with Gasteiger partial charge in [0.05, 0.1) is 6.54 Å². The number of piperidine rings is 1. The maximum Gasteiger partial charge on any atom is 0.248 e. The van der Waals surface area contributed by atoms with Crippen molar-refractivity contribution in [2.24, 2.45) is 10.7 Å². The van der Waals surface area contributed by atoms with Crippen molar-refractivity contribution in [3.8, 4) is 0 Å². The van der Waals surface area contributed by atoms with Crippen LogP contribution in [0.15, 0.2) is 53.5 Å². The summed E-state index contributed by atoms with van der Waals surface area (Å²) in [5.74, 6) is 0.328. The van der Waals surface area contributed by atoms with Crippen molar-refractivity contribution < 1.29 is 4.79 Å². The van der Waals surface area contributed by atoms with Crippen LogP contribution in [0.25, 0.3) is 0 Å². The summed E-state index contributed by atoms with van der Waals surface area (Å²) in [6.07, 6.45) is 4.01. The minimum Gasteiger partial charge on any atom is -0.366 e. The molecule has 168 valence electrons. The Labute approximate surface area is 202 Å². The van der Waals surface area contributed by atoms with Gasteiger partial charge in [-0.3, -0.25) is 9.69 Å². The lowest BCUT2D eigenvalue weighted by Gasteiger charge is -2.26. The van der Waals surface area contributed by atoms with Gasteiger partial charge in [-0.2, -0.15) is 0 Å². The molecule has 0 saturated carbocycles. The van der Waals surface area contributed by atoms with Gasteiger partial charge in [-0.15, -0.1) is 24.0 Å². The molecular weight excluding hydrogens is 501 g/mol. The Kier molecular flexibility index (Phi) is 10.8. The number of guanidine groups is 1. The van der Waals surface area contributed by atoms with Crippen LogP contribution in [0.3, 0.4) is 0 Å². The smallest absolute Gasteiger partial charge is 0.248 e. The molecule has 0 unspecified atom stereocenters. The zero-order valence-electron chi connectivity index (χ0n) is 18.3. The number of benzene rings is 2. The van der Waals surface area contributed by atoms with E-state index < -0.39 is 5.91 Å². The molecule has 3 rings (SSSR count). The zero-order chi connectivity index (χ0) is 21.2. The Hall–Kier alpha value is -2.13. The van der Waals surface area contributed by atoms with Crippen LogP contribution >= 0.6 is 24.0 Å². The van der Waals surface area contributed by atoms with E-state index >= 15 is 0 Å². The van der Waals surface area contributed by atoms with Crippen molar-refractivity contribution in [1.29, 1.82) is 0 Å². The lowest BCUT2D eigenvalue weighted by Crippen LogP contribution is -2.36. The minimum atomic E-state index is -0.422. The molecule has 4 N–H and O–H groups in total. The standard InChI is InChI=1S/C24H33N5O.HI/c1-2-26-24(28-17-21-7-6-8-22(15-21)23(25)30)27-16-19-9-11-20(12-10-19)18-29-13-4-3-5-14-29;/h6-12,15H,2-5,13-14,16-18H2,1H3,(H2,25,30)(H2,26,27,28);1H. The summed E-state index contributed by atoms with van der Waals surface area (Å²) in [6.45, 7) is 7.48. The Bertz CT molecular complexity index is 847. The fourth-order valence-corrected chi connectivity index (χ4v) is 3.66. The third kappa shape index (κ3) is 8.49. The number of halogens is 1. The van der Waals surface area contributed by atoms with Crippen LogP contribution in [0.4, 0.5) is 0 Å². The molecule has 1 amide bonds. The molecule has 0 spiro atoms. The highest BCUT2D eigenvalue weighted by Crippen LogP contribution is 2.13. The zero-order valence-corrected chi connectivity index (χ0v) is 20.6. The molecule has 0 aromatic heterocycles. The van der Waals surface area contributed by atoms with Crippen molar-refractivity contribution in [2.75, 3.05) is 19.6 Å². The number of nitrogens with zero attached hydrogens (tertiary/aromatic N) is 2. The predicted octanol–water partition coefficient (Wildman–Crippen LogP) is 3.64. The van der Waals surface area contributed by atoms with Crippen molar-refractivity contribution in [2.45, 2.75) is 45.8 Å². The van der Waals surface area contributed by atoms with E-state index in [1.165, 1.54) is 43.5 Å². The second kappa shape index (κ2) is 13.3. The molecule has 0 bridgehead atoms. The molecule has 0 aliphatic carbocycles. The fourth-order valence-electron chi connectivity index (χ4n) is 3.66. The molecule has 1 aliphatic rings. The molecule has 2 aromatic rings. The van der Waals surface area contributed by atoms with Crippen LogP contribution in [0.5, 0.6) is 0 Å². The molecule has 6 nitrogen and oxygen atoms in total. The van der Waals surface area contributed by atoms with Gasteiger partial charge in [0.2, 0.25) is 5.91 Å². The van der Waals surface area contributed by atoms with Gasteiger partial charge in [0.1, 0.15) is 0 Å². The summed E-state index contributed by atoms with van der Waals surface area (Å²) < 4.78 is 0. The van der Waals surface area contributed by atoms with E-state index in [1.807, 2.05) is 19.1 Å². The molecule has 0 atom stereocenters. The minimum absolute atomic E-state index is 0. The number of primary amides is 1. The van der Waals surface area contributed by atoms with E-state index in [2.05, 4.69) is 44.8 Å². The van der Waals surface area contributed by atoms with Gasteiger partial charge >= 0.3 is 0 Å². The molecule has 1 fully saturated rings. The quantitative estimate of drug-likeness (QED) is 0.274. The monoisotopic (exact) mass is 535 g/mol. The van der Waals surface area contributed by atoms with Crippen molar-refractivity contribution in [3.05, 3.63) is 70.8 Å². The molecule has 31 heavy (non-hydrogen) atoms. The summed E-state index contributed by atoms with van der Waals surface area (Å²) in [5, 5.41) is 6.65. The highest BCUT2D eigenvalue weighted by Gasteiger charge is 2.10. The normalized spacial score (nSPS) is 14.5. The summed E-state index contributed by atoms with van der Waals surface area (Å²) >= 11 is 0. The van der Waals surface area contributed by atoms with Crippen LogP contribution in [0.2, 0.25) is 0 Å². The number of nitrogens with two attached hydrogens (primary N) is 1. The Morgan fingerprint density at radius 1 is 1.00 bits per heavy atom. The van der Waals surface area contributed by atoms with Gasteiger partial charge in [0.15, 0.2) is 5.96 Å². The van der Waals surface area contributed by atoms with Gasteiger partial charge in [0, 0.05) is 25.2 Å². The summed E-state index contributed by atoms with van der Waals surface area (Å²) in [6, 6.07) is 16.1. The number of amides is 1. The van der Waals surface area contributed by atoms with Crippen LogP contribution < -0.4 is 16.4 Å². The fraction of sp³-hybridized carbons (Fsp3) is 0.417. The Morgan fingerprint density at radius 3 is 2.39 bits per heavy atom. The number of rotatable bonds is 8. The third-order valence-electron chi connectivity index (χ3n) is 5.31. The average Bonchev–Trinajstić information content (AvgIpc) is 2.77. The molecule has 2 aromatic carbocycles. The van der Waals surface area contributed by atoms with Crippen molar-refractivity contribution >= 4 is 35.8 Å². The maximum absolute atomic E-state index is 11.3. The highest BCUT2D eigenvalue weighted by molar-refractivity contribution is 14.0. The van der Waals surface area contributed by atoms with E-state index in [-0.39, 0.29) is 24.0 Å². The molecule has 1 heterocycles. The van der Waals surface area contributed by atoms with E-state index in [4.69, 9.17) is 5.73 Å². The molecule has 1 saturated heterocycles. The number of aliphatic imine (C=N–C) groups is 1. The Morgan fingerprint density at radius 2 is 1.71 bits per heavy atom. The van der Waals surface area contributed by atoms with Gasteiger partial charge < -0.3 is 16.4 Å². The first kappa shape index (κ1) is 25.1. The van der Waals surface area contributed by atoms with E-state index in [0.29, 0.717) is 18.7 Å². The SMILES string of the molecule is CCNC(=NCc1cccc(C(N)=O)c1)NCc1ccc(CN2CCCCC2)cc1.I. The first-order chi connectivity index (χ1) is 14.6. The van der Waals surface area contributed by atoms with Gasteiger partial charge in [-0.25, -0.2) is 4.99 Å². The lowest BCUT2D eigenvalue weighted by molar-refractivity contribution is 0.1000. The number of likely N-dealkylation sites (tertiary alicyclic amines) is 1. The number of carbonyl (C=O) groups excluding carboxylic acids is 1. The highest BCUT2D eigenvalue weighted by atomic mass is 127. The topological polar surface area (TPSA) is 82.7 Å². The lowest BCUT2D eigenvalue weighted by atomic mass is 10.1. The van der Waals surface area contributed by atoms with Gasteiger partial charge in [0.25, 0.3) is 0 Å². The second-order valence-corrected chi connectivity index (χ2v) is 7.77. The second-order valence-electron chi connectivity index (χ2n) is 7.77. The molecular formula is C24H34IN5O. The number of hydrogen-bond acceptors (Lipinski definition) is 3. The molecule has 1 aliphatic heterocycles. The summed E-state index contributed by atoms with van der Waals surface area (Å²) in [5.41, 5.74) is 9.41. The average molecular weight is 535 g/mol. The first-order valence-corrected chi connectivity index (χ1v) is 10.8. The van der Waals surface area contributed by atoms with E-state index in [1.54, 1.807) is 12.1 Å². The largest absolute Gasteiger partial charge is 0.366 e. The predicted molar refractivity (Wildman–Crippen MR) is 138 cm³/mol. The van der Waals surface area contributed by atoms with Crippen molar-refractivity contribution in [1.82, 2.24) is 15.5 Å². The van der Waals surface area contributed by atoms with Crippen molar-refractivity contribution in [3.63, 3.8) is 0 Å². The van der Waals surface area contributed by atoms with E-state index in [9.17, 15) is 4.79 Å². The van der Waals surface area contributed by atoms with Crippen LogP contribution in [-0.4, -0.2) is 36.4 Å². The molecule has 0 radical (unpaired) electrons. The maximum atomic E-state index is 11.3. The van der Waals surface area contributed by atoms with E-state index in [0.717, 1.165) is 24.6 Å². The number of nitrogens with one attached hydrogen (secondary N) is 2. The number of hydrogen-bond donors (Lipinski definition) is 3. The van der Waals surface area contributed by atoms with Crippen LogP contribution in [0, 0.1) is 0 Å². The van der Waals surface area contributed by atoms with Gasteiger partial charge in [-0.1, -0.05) is 42.8 Å². The first-order valence-electron chi connectivity index (χ1n) is 10.8. The summed E-state index contributed by atoms with van der Waals surface area (Å²) in [4.78, 5) is 18.5. The van der Waals surface area contributed by atoms with Crippen LogP contribution in [-0.2, 0) is 19.6 Å². The summed E-state index contributed by atoms with van der Waals surface area (Å²) in [7, 11) is 0. The van der Waals surface area contributed by atoms with Gasteiger partial charge in [-0.05, 0) is 61.7 Å². The van der Waals surface area contributed by atoms with Crippen LogP contribution in [0.1, 0.15) is 53.2 Å². The third-order valence-corrected chi connectivity index (χ3v) is 5.31. The Balaban J connectivity index is 0.00000341. The molecule has 7 heteroatoms. The number of carbonyl (C=O) groups is 1.